The third kappa shape index (κ3) is 4.18. The monoisotopic (exact) mass is 471 g/mol. The van der Waals surface area contributed by atoms with Crippen LogP contribution in [0.25, 0.3) is 0 Å². The van der Waals surface area contributed by atoms with Gasteiger partial charge in [-0.2, -0.15) is 0 Å². The quantitative estimate of drug-likeness (QED) is 0.561. The van der Waals surface area contributed by atoms with Crippen LogP contribution in [0.15, 0.2) is 58.8 Å². The van der Waals surface area contributed by atoms with Crippen molar-refractivity contribution in [2.24, 2.45) is 7.05 Å². The molecule has 0 unspecified atom stereocenters. The van der Waals surface area contributed by atoms with Crippen LogP contribution >= 0.6 is 34.4 Å². The molecular weight excluding hydrogens is 459 g/mol. The Balaban J connectivity index is 1.88. The molecule has 2 aromatic carbocycles. The van der Waals surface area contributed by atoms with Gasteiger partial charge in [0, 0.05) is 33.5 Å². The lowest BCUT2D eigenvalue weighted by Gasteiger charge is -2.11. The van der Waals surface area contributed by atoms with E-state index in [2.05, 4.69) is 10.3 Å². The zero-order chi connectivity index (χ0) is 18.0. The Morgan fingerprint density at radius 3 is 2.72 bits per heavy atom. The molecule has 0 atom stereocenters. The molecule has 0 aliphatic rings. The highest BCUT2D eigenvalue weighted by Crippen LogP contribution is 2.33. The first-order chi connectivity index (χ1) is 11.9. The van der Waals surface area contributed by atoms with Gasteiger partial charge in [0.05, 0.1) is 5.69 Å². The van der Waals surface area contributed by atoms with Crippen molar-refractivity contribution in [3.63, 3.8) is 0 Å². The van der Waals surface area contributed by atoms with Crippen molar-refractivity contribution < 1.29 is 13.6 Å². The van der Waals surface area contributed by atoms with Gasteiger partial charge in [0.2, 0.25) is 0 Å². The maximum absolute atomic E-state index is 13.7. The number of aromatic nitrogens is 2. The fourth-order valence-corrected chi connectivity index (χ4v) is 3.28. The molecule has 4 nitrogen and oxygen atoms in total. The molecule has 0 saturated carbocycles. The lowest BCUT2D eigenvalue weighted by molar-refractivity contribution is 0.102. The van der Waals surface area contributed by atoms with Crippen LogP contribution in [0.4, 0.5) is 14.5 Å². The fraction of sp³-hybridized carbons (Fsp3) is 0.0588. The van der Waals surface area contributed by atoms with E-state index in [0.717, 1.165) is 6.07 Å². The first kappa shape index (κ1) is 17.9. The van der Waals surface area contributed by atoms with E-state index in [4.69, 9.17) is 0 Å². The van der Waals surface area contributed by atoms with Gasteiger partial charge in [0.15, 0.2) is 5.16 Å². The molecule has 0 aliphatic carbocycles. The Kier molecular flexibility index (Phi) is 5.38. The molecule has 8 heteroatoms. The molecule has 0 radical (unpaired) electrons. The summed E-state index contributed by atoms with van der Waals surface area (Å²) in [6, 6.07) is 8.30. The van der Waals surface area contributed by atoms with Crippen molar-refractivity contribution in [2.75, 3.05) is 5.32 Å². The van der Waals surface area contributed by atoms with Crippen LogP contribution in [-0.2, 0) is 7.05 Å². The van der Waals surface area contributed by atoms with Gasteiger partial charge < -0.3 is 9.88 Å². The minimum atomic E-state index is -0.511. The van der Waals surface area contributed by atoms with Crippen LogP contribution in [0.2, 0.25) is 0 Å². The summed E-state index contributed by atoms with van der Waals surface area (Å²) in [6.07, 6.45) is 3.44. The Morgan fingerprint density at radius 2 is 2.04 bits per heavy atom. The molecule has 0 aliphatic heterocycles. The lowest BCUT2D eigenvalue weighted by Crippen LogP contribution is -2.13. The normalized spacial score (nSPS) is 10.7. The molecular formula is C17H12F2IN3OS. The van der Waals surface area contributed by atoms with E-state index < -0.39 is 17.5 Å². The highest BCUT2D eigenvalue weighted by atomic mass is 127. The number of carbonyl (C=O) groups is 1. The number of nitrogens with zero attached hydrogens (tertiary/aromatic N) is 2. The number of anilines is 1. The summed E-state index contributed by atoms with van der Waals surface area (Å²) >= 11 is 3.14. The van der Waals surface area contributed by atoms with Crippen LogP contribution < -0.4 is 5.32 Å². The lowest BCUT2D eigenvalue weighted by atomic mass is 10.2. The Labute approximate surface area is 160 Å². The van der Waals surface area contributed by atoms with Gasteiger partial charge in [-0.15, -0.1) is 0 Å². The van der Waals surface area contributed by atoms with E-state index in [9.17, 15) is 13.6 Å². The minimum Gasteiger partial charge on any atom is -0.329 e. The molecule has 25 heavy (non-hydrogen) atoms. The molecule has 1 amide bonds. The summed E-state index contributed by atoms with van der Waals surface area (Å²) in [5, 5.41) is 3.34. The van der Waals surface area contributed by atoms with Crippen molar-refractivity contribution in [3.8, 4) is 0 Å². The minimum absolute atomic E-state index is 0.162. The molecule has 0 spiro atoms. The van der Waals surface area contributed by atoms with E-state index in [-0.39, 0.29) is 5.56 Å². The molecule has 1 N–H and O–H groups in total. The van der Waals surface area contributed by atoms with Crippen LogP contribution in [-0.4, -0.2) is 15.5 Å². The Morgan fingerprint density at radius 1 is 1.24 bits per heavy atom. The Bertz CT molecular complexity index is 945. The molecule has 3 rings (SSSR count). The van der Waals surface area contributed by atoms with E-state index in [0.29, 0.717) is 19.3 Å². The Hall–Kier alpha value is -1.94. The molecule has 1 aromatic heterocycles. The van der Waals surface area contributed by atoms with Crippen LogP contribution in [0.3, 0.4) is 0 Å². The molecule has 0 saturated heterocycles. The zero-order valence-corrected chi connectivity index (χ0v) is 15.9. The SMILES string of the molecule is Cn1ccnc1Sc1ccc(F)cc1NC(=O)c1ccc(I)c(F)c1. The second-order valence-corrected chi connectivity index (χ2v) is 7.32. The fourth-order valence-electron chi connectivity index (χ4n) is 2.07. The molecule has 3 aromatic rings. The number of carbonyl (C=O) groups excluding carboxylic acids is 1. The topological polar surface area (TPSA) is 46.9 Å². The largest absolute Gasteiger partial charge is 0.329 e. The maximum Gasteiger partial charge on any atom is 0.255 e. The number of nitrogens with one attached hydrogen (secondary N) is 1. The zero-order valence-electron chi connectivity index (χ0n) is 13.0. The average Bonchev–Trinajstić information content (AvgIpc) is 2.97. The smallest absolute Gasteiger partial charge is 0.255 e. The second kappa shape index (κ2) is 7.52. The number of benzene rings is 2. The van der Waals surface area contributed by atoms with Gasteiger partial charge in [0.1, 0.15) is 11.6 Å². The summed E-state index contributed by atoms with van der Waals surface area (Å²) in [5.41, 5.74) is 0.465. The third-order valence-electron chi connectivity index (χ3n) is 3.35. The van der Waals surface area contributed by atoms with Crippen molar-refractivity contribution in [1.29, 1.82) is 0 Å². The first-order valence-electron chi connectivity index (χ1n) is 7.15. The summed E-state index contributed by atoms with van der Waals surface area (Å²) in [6.45, 7) is 0. The average molecular weight is 471 g/mol. The number of imidazole rings is 1. The number of rotatable bonds is 4. The number of hydrogen-bond acceptors (Lipinski definition) is 3. The van der Waals surface area contributed by atoms with Crippen molar-refractivity contribution in [2.45, 2.75) is 10.1 Å². The molecule has 0 fully saturated rings. The van der Waals surface area contributed by atoms with Gasteiger partial charge in [-0.1, -0.05) is 0 Å². The van der Waals surface area contributed by atoms with Crippen LogP contribution in [0.5, 0.6) is 0 Å². The van der Waals surface area contributed by atoms with Crippen molar-refractivity contribution in [1.82, 2.24) is 9.55 Å². The van der Waals surface area contributed by atoms with Gasteiger partial charge >= 0.3 is 0 Å². The number of halogens is 3. The van der Waals surface area contributed by atoms with Gasteiger partial charge in [0.25, 0.3) is 5.91 Å². The van der Waals surface area contributed by atoms with E-state index in [1.54, 1.807) is 18.5 Å². The molecule has 1 heterocycles. The first-order valence-corrected chi connectivity index (χ1v) is 9.04. The van der Waals surface area contributed by atoms with Gasteiger partial charge in [-0.25, -0.2) is 13.8 Å². The van der Waals surface area contributed by atoms with E-state index in [1.165, 1.54) is 36.0 Å². The van der Waals surface area contributed by atoms with Gasteiger partial charge in [-0.05, 0) is 70.8 Å². The highest BCUT2D eigenvalue weighted by molar-refractivity contribution is 14.1. The summed E-state index contributed by atoms with van der Waals surface area (Å²) in [5.74, 6) is -1.47. The standard InChI is InChI=1S/C17H12F2IN3OS/c1-23-7-6-21-17(23)25-15-5-3-11(18)9-14(15)22-16(24)10-2-4-13(20)12(19)8-10/h2-9H,1H3,(H,22,24). The number of hydrogen-bond donors (Lipinski definition) is 1. The van der Waals surface area contributed by atoms with Crippen LogP contribution in [0, 0.1) is 15.2 Å². The maximum atomic E-state index is 13.7. The predicted molar refractivity (Wildman–Crippen MR) is 101 cm³/mol. The highest BCUT2D eigenvalue weighted by Gasteiger charge is 2.14. The van der Waals surface area contributed by atoms with Gasteiger partial charge in [-0.3, -0.25) is 4.79 Å². The van der Waals surface area contributed by atoms with E-state index in [1.807, 2.05) is 34.2 Å². The number of amides is 1. The summed E-state index contributed by atoms with van der Waals surface area (Å²) in [7, 11) is 1.84. The van der Waals surface area contributed by atoms with Crippen molar-refractivity contribution >= 4 is 45.9 Å². The predicted octanol–water partition coefficient (Wildman–Crippen LogP) is 4.71. The molecule has 128 valence electrons. The van der Waals surface area contributed by atoms with E-state index >= 15 is 0 Å². The third-order valence-corrected chi connectivity index (χ3v) is 5.38. The van der Waals surface area contributed by atoms with Crippen molar-refractivity contribution in [3.05, 3.63) is 69.6 Å². The van der Waals surface area contributed by atoms with Crippen LogP contribution in [0.1, 0.15) is 10.4 Å². The molecule has 0 bridgehead atoms. The second-order valence-electron chi connectivity index (χ2n) is 5.15. The number of aryl methyl sites for hydroxylation is 1. The summed E-state index contributed by atoms with van der Waals surface area (Å²) < 4.78 is 29.5. The summed E-state index contributed by atoms with van der Waals surface area (Å²) in [4.78, 5) is 17.2.